The highest BCUT2D eigenvalue weighted by Crippen LogP contribution is 2.17. The summed E-state index contributed by atoms with van der Waals surface area (Å²) in [7, 11) is 1.76. The quantitative estimate of drug-likeness (QED) is 0.660. The Labute approximate surface area is 83.1 Å². The lowest BCUT2D eigenvalue weighted by Crippen LogP contribution is -2.32. The fraction of sp³-hybridized carbons (Fsp3) is 1.00. The van der Waals surface area contributed by atoms with E-state index in [-0.39, 0.29) is 0 Å². The van der Waals surface area contributed by atoms with E-state index >= 15 is 0 Å². The van der Waals surface area contributed by atoms with E-state index in [1.165, 1.54) is 6.42 Å². The first-order chi connectivity index (χ1) is 6.02. The molecule has 0 aromatic heterocycles. The number of nitrogens with one attached hydrogen (secondary N) is 1. The van der Waals surface area contributed by atoms with Crippen LogP contribution in [0.1, 0.15) is 34.1 Å². The molecule has 0 rings (SSSR count). The Morgan fingerprint density at radius 2 is 2.00 bits per heavy atom. The summed E-state index contributed by atoms with van der Waals surface area (Å²) in [5.41, 5.74) is 0.423. The third kappa shape index (κ3) is 7.03. The minimum atomic E-state index is 0.423. The van der Waals surface area contributed by atoms with E-state index in [2.05, 4.69) is 33.0 Å². The predicted octanol–water partition coefficient (Wildman–Crippen LogP) is 2.29. The summed E-state index contributed by atoms with van der Waals surface area (Å²) in [4.78, 5) is 0. The van der Waals surface area contributed by atoms with Crippen molar-refractivity contribution in [2.24, 2.45) is 11.3 Å². The molecule has 2 nitrogen and oxygen atoms in total. The van der Waals surface area contributed by atoms with Crippen molar-refractivity contribution in [2.75, 3.05) is 26.8 Å². The highest BCUT2D eigenvalue weighted by atomic mass is 16.5. The summed E-state index contributed by atoms with van der Waals surface area (Å²) in [5.74, 6) is 0.609. The zero-order chi connectivity index (χ0) is 10.3. The van der Waals surface area contributed by atoms with Crippen LogP contribution in [0.15, 0.2) is 0 Å². The van der Waals surface area contributed by atoms with Gasteiger partial charge in [0.25, 0.3) is 0 Å². The van der Waals surface area contributed by atoms with Gasteiger partial charge in [-0.25, -0.2) is 0 Å². The highest BCUT2D eigenvalue weighted by Gasteiger charge is 2.14. The zero-order valence-corrected chi connectivity index (χ0v) is 9.81. The molecule has 0 heterocycles. The Kier molecular flexibility index (Phi) is 6.35. The summed E-state index contributed by atoms with van der Waals surface area (Å²) >= 11 is 0. The molecular formula is C11H25NO. The van der Waals surface area contributed by atoms with Crippen molar-refractivity contribution in [1.82, 2.24) is 5.32 Å². The van der Waals surface area contributed by atoms with E-state index < -0.39 is 0 Å². The Hall–Kier alpha value is -0.0800. The number of rotatable bonds is 7. The van der Waals surface area contributed by atoms with Crippen LogP contribution >= 0.6 is 0 Å². The molecule has 0 aliphatic heterocycles. The van der Waals surface area contributed by atoms with Crippen LogP contribution in [0.5, 0.6) is 0 Å². The maximum absolute atomic E-state index is 5.07. The van der Waals surface area contributed by atoms with Crippen molar-refractivity contribution in [3.63, 3.8) is 0 Å². The monoisotopic (exact) mass is 187 g/mol. The molecule has 0 saturated heterocycles. The first-order valence-electron chi connectivity index (χ1n) is 5.21. The minimum absolute atomic E-state index is 0.423. The molecule has 0 aliphatic carbocycles. The lowest BCUT2D eigenvalue weighted by molar-refractivity contribution is 0.156. The van der Waals surface area contributed by atoms with Crippen LogP contribution in [0.25, 0.3) is 0 Å². The second-order valence-corrected chi connectivity index (χ2v) is 4.71. The van der Waals surface area contributed by atoms with Gasteiger partial charge in [-0.3, -0.25) is 0 Å². The molecule has 0 bridgehead atoms. The fourth-order valence-electron chi connectivity index (χ4n) is 1.13. The van der Waals surface area contributed by atoms with Gasteiger partial charge in [0.15, 0.2) is 0 Å². The Morgan fingerprint density at radius 1 is 1.38 bits per heavy atom. The Morgan fingerprint density at radius 3 is 2.46 bits per heavy atom. The molecule has 0 saturated carbocycles. The van der Waals surface area contributed by atoms with Crippen LogP contribution in [-0.2, 0) is 4.74 Å². The lowest BCUT2D eigenvalue weighted by atomic mass is 9.90. The Balaban J connectivity index is 3.44. The van der Waals surface area contributed by atoms with Gasteiger partial charge in [0.1, 0.15) is 0 Å². The summed E-state index contributed by atoms with van der Waals surface area (Å²) in [6, 6.07) is 0. The van der Waals surface area contributed by atoms with Crippen LogP contribution in [0.4, 0.5) is 0 Å². The van der Waals surface area contributed by atoms with Gasteiger partial charge in [-0.15, -0.1) is 0 Å². The van der Waals surface area contributed by atoms with Gasteiger partial charge in [0, 0.05) is 20.3 Å². The summed E-state index contributed by atoms with van der Waals surface area (Å²) in [6.07, 6.45) is 1.22. The molecule has 0 amide bonds. The van der Waals surface area contributed by atoms with Crippen molar-refractivity contribution in [1.29, 1.82) is 0 Å². The zero-order valence-electron chi connectivity index (χ0n) is 9.81. The normalized spacial score (nSPS) is 14.5. The van der Waals surface area contributed by atoms with Crippen LogP contribution in [0.3, 0.4) is 0 Å². The molecule has 0 aromatic rings. The molecule has 1 atom stereocenters. The van der Waals surface area contributed by atoms with Gasteiger partial charge in [-0.2, -0.15) is 0 Å². The second-order valence-electron chi connectivity index (χ2n) is 4.71. The van der Waals surface area contributed by atoms with Gasteiger partial charge >= 0.3 is 0 Å². The van der Waals surface area contributed by atoms with Gasteiger partial charge in [-0.05, 0) is 24.3 Å². The maximum atomic E-state index is 5.07. The van der Waals surface area contributed by atoms with E-state index in [1.807, 2.05) is 0 Å². The smallest absolute Gasteiger partial charge is 0.0499 e. The van der Waals surface area contributed by atoms with Crippen molar-refractivity contribution in [2.45, 2.75) is 34.1 Å². The van der Waals surface area contributed by atoms with Crippen molar-refractivity contribution < 1.29 is 4.74 Å². The van der Waals surface area contributed by atoms with Crippen LogP contribution < -0.4 is 5.32 Å². The van der Waals surface area contributed by atoms with Crippen molar-refractivity contribution >= 4 is 0 Å². The molecule has 0 spiro atoms. The first kappa shape index (κ1) is 12.9. The highest BCUT2D eigenvalue weighted by molar-refractivity contribution is 4.70. The van der Waals surface area contributed by atoms with Crippen molar-refractivity contribution in [3.05, 3.63) is 0 Å². The van der Waals surface area contributed by atoms with E-state index in [1.54, 1.807) is 7.11 Å². The molecule has 13 heavy (non-hydrogen) atoms. The van der Waals surface area contributed by atoms with Gasteiger partial charge in [0.2, 0.25) is 0 Å². The van der Waals surface area contributed by atoms with Crippen LogP contribution in [-0.4, -0.2) is 26.8 Å². The standard InChI is InChI=1S/C11H25NO/c1-6-11(3,4)9-12-7-10(2)8-13-5/h10,12H,6-9H2,1-5H3. The van der Waals surface area contributed by atoms with Crippen LogP contribution in [0, 0.1) is 11.3 Å². The largest absolute Gasteiger partial charge is 0.384 e. The molecule has 0 aromatic carbocycles. The van der Waals surface area contributed by atoms with Gasteiger partial charge in [0.05, 0.1) is 0 Å². The SMILES string of the molecule is CCC(C)(C)CNCC(C)COC. The molecule has 0 aliphatic rings. The maximum Gasteiger partial charge on any atom is 0.0499 e. The third-order valence-corrected chi connectivity index (χ3v) is 2.50. The van der Waals surface area contributed by atoms with E-state index in [0.717, 1.165) is 19.7 Å². The summed E-state index contributed by atoms with van der Waals surface area (Å²) < 4.78 is 5.07. The topological polar surface area (TPSA) is 21.3 Å². The second kappa shape index (κ2) is 6.39. The molecular weight excluding hydrogens is 162 g/mol. The van der Waals surface area contributed by atoms with E-state index in [9.17, 15) is 0 Å². The fourth-order valence-corrected chi connectivity index (χ4v) is 1.13. The first-order valence-corrected chi connectivity index (χ1v) is 5.21. The molecule has 0 radical (unpaired) electrons. The van der Waals surface area contributed by atoms with Gasteiger partial charge < -0.3 is 10.1 Å². The predicted molar refractivity (Wildman–Crippen MR) is 58.0 cm³/mol. The number of ether oxygens (including phenoxy) is 1. The number of hydrogen-bond donors (Lipinski definition) is 1. The summed E-state index contributed by atoms with van der Waals surface area (Å²) in [6.45, 7) is 12.0. The number of hydrogen-bond acceptors (Lipinski definition) is 2. The lowest BCUT2D eigenvalue weighted by Gasteiger charge is -2.24. The molecule has 1 N–H and O–H groups in total. The third-order valence-electron chi connectivity index (χ3n) is 2.50. The minimum Gasteiger partial charge on any atom is -0.384 e. The van der Waals surface area contributed by atoms with Crippen LogP contribution in [0.2, 0.25) is 0 Å². The average molecular weight is 187 g/mol. The number of methoxy groups -OCH3 is 1. The molecule has 2 heteroatoms. The van der Waals surface area contributed by atoms with Crippen molar-refractivity contribution in [3.8, 4) is 0 Å². The molecule has 1 unspecified atom stereocenters. The van der Waals surface area contributed by atoms with E-state index in [0.29, 0.717) is 11.3 Å². The van der Waals surface area contributed by atoms with Gasteiger partial charge in [-0.1, -0.05) is 27.7 Å². The Bertz CT molecular complexity index is 123. The summed E-state index contributed by atoms with van der Waals surface area (Å²) in [5, 5.41) is 3.48. The average Bonchev–Trinajstić information content (AvgIpc) is 2.05. The molecule has 0 fully saturated rings. The molecule has 80 valence electrons. The van der Waals surface area contributed by atoms with E-state index in [4.69, 9.17) is 4.74 Å².